The molecule has 0 radical (unpaired) electrons. The zero-order valence-corrected chi connectivity index (χ0v) is 9.86. The predicted octanol–water partition coefficient (Wildman–Crippen LogP) is 1.35. The van der Waals surface area contributed by atoms with Gasteiger partial charge in [-0.05, 0) is 31.0 Å². The maximum atomic E-state index is 11.8. The van der Waals surface area contributed by atoms with E-state index in [0.717, 1.165) is 12.8 Å². The minimum atomic E-state index is 0.157. The van der Waals surface area contributed by atoms with Crippen LogP contribution in [0.25, 0.3) is 0 Å². The Kier molecular flexibility index (Phi) is 3.25. The molecule has 1 aliphatic carbocycles. The number of nitrogens with one attached hydrogen (secondary N) is 1. The molecule has 1 unspecified atom stereocenters. The highest BCUT2D eigenvalue weighted by molar-refractivity contribution is 5.78. The van der Waals surface area contributed by atoms with E-state index in [-0.39, 0.29) is 11.9 Å². The highest BCUT2D eigenvalue weighted by Crippen LogP contribution is 2.34. The maximum Gasteiger partial charge on any atom is 0.236 e. The first-order valence-corrected chi connectivity index (χ1v) is 5.72. The molecular weight excluding hydrogens is 200 g/mol. The summed E-state index contributed by atoms with van der Waals surface area (Å²) in [4.78, 5) is 13.7. The number of fused-ring (bicyclic) bond motifs is 1. The van der Waals surface area contributed by atoms with Crippen molar-refractivity contribution >= 4 is 5.91 Å². The maximum absolute atomic E-state index is 11.8. The average molecular weight is 218 g/mol. The summed E-state index contributed by atoms with van der Waals surface area (Å²) >= 11 is 0. The van der Waals surface area contributed by atoms with Crippen LogP contribution in [0.15, 0.2) is 24.3 Å². The number of carbonyl (C=O) groups is 1. The molecule has 3 heteroatoms. The second-order valence-electron chi connectivity index (χ2n) is 4.29. The van der Waals surface area contributed by atoms with E-state index in [9.17, 15) is 4.79 Å². The molecule has 0 bridgehead atoms. The molecular formula is C13H18N2O. The van der Waals surface area contributed by atoms with Gasteiger partial charge in [0.05, 0.1) is 12.6 Å². The fourth-order valence-corrected chi connectivity index (χ4v) is 2.39. The Hall–Kier alpha value is -1.35. The fourth-order valence-electron chi connectivity index (χ4n) is 2.39. The van der Waals surface area contributed by atoms with Crippen molar-refractivity contribution in [3.8, 4) is 0 Å². The number of rotatable bonds is 3. The van der Waals surface area contributed by atoms with Crippen molar-refractivity contribution in [3.63, 3.8) is 0 Å². The number of aryl methyl sites for hydroxylation is 1. The third-order valence-corrected chi connectivity index (χ3v) is 3.29. The van der Waals surface area contributed by atoms with E-state index >= 15 is 0 Å². The molecule has 86 valence electrons. The van der Waals surface area contributed by atoms with Crippen LogP contribution in [0.1, 0.15) is 23.6 Å². The number of nitrogens with zero attached hydrogens (tertiary/aromatic N) is 1. The van der Waals surface area contributed by atoms with Crippen LogP contribution in [0, 0.1) is 0 Å². The van der Waals surface area contributed by atoms with Gasteiger partial charge in [-0.15, -0.1) is 0 Å². The molecule has 0 heterocycles. The number of amides is 1. The number of likely N-dealkylation sites (N-methyl/N-ethyl adjacent to an activating group) is 2. The second kappa shape index (κ2) is 4.66. The lowest BCUT2D eigenvalue weighted by molar-refractivity contribution is -0.131. The fraction of sp³-hybridized carbons (Fsp3) is 0.462. The van der Waals surface area contributed by atoms with Gasteiger partial charge in [-0.25, -0.2) is 0 Å². The number of hydrogen-bond acceptors (Lipinski definition) is 2. The molecule has 0 aromatic heterocycles. The summed E-state index contributed by atoms with van der Waals surface area (Å²) in [6.45, 7) is 0.412. The lowest BCUT2D eigenvalue weighted by atomic mass is 10.1. The van der Waals surface area contributed by atoms with Crippen LogP contribution < -0.4 is 5.32 Å². The Labute approximate surface area is 96.5 Å². The SMILES string of the molecule is CNCC(=O)N(C)C1CCc2ccccc21. The first-order chi connectivity index (χ1) is 7.74. The van der Waals surface area contributed by atoms with E-state index in [2.05, 4.69) is 23.5 Å². The number of benzene rings is 1. The highest BCUT2D eigenvalue weighted by atomic mass is 16.2. The van der Waals surface area contributed by atoms with Crippen molar-refractivity contribution < 1.29 is 4.79 Å². The highest BCUT2D eigenvalue weighted by Gasteiger charge is 2.27. The van der Waals surface area contributed by atoms with Gasteiger partial charge in [0.1, 0.15) is 0 Å². The summed E-state index contributed by atoms with van der Waals surface area (Å²) in [6.07, 6.45) is 2.13. The molecule has 0 saturated carbocycles. The van der Waals surface area contributed by atoms with Gasteiger partial charge in [-0.1, -0.05) is 24.3 Å². The van der Waals surface area contributed by atoms with Crippen molar-refractivity contribution in [3.05, 3.63) is 35.4 Å². The summed E-state index contributed by atoms with van der Waals surface area (Å²) in [6, 6.07) is 8.67. The standard InChI is InChI=1S/C13H18N2O/c1-14-9-13(16)15(2)12-8-7-10-5-3-4-6-11(10)12/h3-6,12,14H,7-9H2,1-2H3. The van der Waals surface area contributed by atoms with Gasteiger partial charge < -0.3 is 10.2 Å². The largest absolute Gasteiger partial charge is 0.338 e. The Morgan fingerprint density at radius 3 is 3.00 bits per heavy atom. The third kappa shape index (κ3) is 1.95. The van der Waals surface area contributed by atoms with E-state index in [4.69, 9.17) is 0 Å². The van der Waals surface area contributed by atoms with E-state index < -0.39 is 0 Å². The molecule has 1 aromatic carbocycles. The van der Waals surface area contributed by atoms with Crippen LogP contribution in [0.2, 0.25) is 0 Å². The van der Waals surface area contributed by atoms with E-state index in [0.29, 0.717) is 6.54 Å². The molecule has 1 amide bonds. The summed E-state index contributed by atoms with van der Waals surface area (Å²) in [7, 11) is 3.70. The molecule has 1 N–H and O–H groups in total. The van der Waals surface area contributed by atoms with Crippen molar-refractivity contribution in [2.75, 3.05) is 20.6 Å². The molecule has 0 fully saturated rings. The van der Waals surface area contributed by atoms with Gasteiger partial charge in [0.25, 0.3) is 0 Å². The van der Waals surface area contributed by atoms with Crippen LogP contribution in [0.5, 0.6) is 0 Å². The van der Waals surface area contributed by atoms with Crippen molar-refractivity contribution in [1.29, 1.82) is 0 Å². The second-order valence-corrected chi connectivity index (χ2v) is 4.29. The van der Waals surface area contributed by atoms with E-state index in [1.54, 1.807) is 7.05 Å². The molecule has 2 rings (SSSR count). The van der Waals surface area contributed by atoms with Gasteiger partial charge in [0.2, 0.25) is 5.91 Å². The molecule has 16 heavy (non-hydrogen) atoms. The van der Waals surface area contributed by atoms with Crippen LogP contribution in [-0.2, 0) is 11.2 Å². The van der Waals surface area contributed by atoms with Gasteiger partial charge in [-0.2, -0.15) is 0 Å². The first-order valence-electron chi connectivity index (χ1n) is 5.72. The molecule has 0 spiro atoms. The predicted molar refractivity (Wildman–Crippen MR) is 64.2 cm³/mol. The number of hydrogen-bond donors (Lipinski definition) is 1. The van der Waals surface area contributed by atoms with Gasteiger partial charge in [0, 0.05) is 7.05 Å². The monoisotopic (exact) mass is 218 g/mol. The Morgan fingerprint density at radius 1 is 1.50 bits per heavy atom. The lowest BCUT2D eigenvalue weighted by Crippen LogP contribution is -2.36. The average Bonchev–Trinajstić information content (AvgIpc) is 2.72. The van der Waals surface area contributed by atoms with Crippen molar-refractivity contribution in [2.45, 2.75) is 18.9 Å². The van der Waals surface area contributed by atoms with Crippen LogP contribution in [-0.4, -0.2) is 31.4 Å². The van der Waals surface area contributed by atoms with Crippen molar-refractivity contribution in [1.82, 2.24) is 10.2 Å². The Balaban J connectivity index is 2.15. The first kappa shape index (κ1) is 11.1. The van der Waals surface area contributed by atoms with Crippen LogP contribution >= 0.6 is 0 Å². The van der Waals surface area contributed by atoms with Gasteiger partial charge in [-0.3, -0.25) is 4.79 Å². The molecule has 0 saturated heterocycles. The molecule has 1 aromatic rings. The number of carbonyl (C=O) groups excluding carboxylic acids is 1. The van der Waals surface area contributed by atoms with E-state index in [1.807, 2.05) is 18.0 Å². The zero-order chi connectivity index (χ0) is 11.5. The summed E-state index contributed by atoms with van der Waals surface area (Å²) in [5.74, 6) is 0.157. The minimum Gasteiger partial charge on any atom is -0.338 e. The molecule has 0 aliphatic heterocycles. The van der Waals surface area contributed by atoms with E-state index in [1.165, 1.54) is 11.1 Å². The Bertz CT molecular complexity index is 389. The minimum absolute atomic E-state index is 0.157. The van der Waals surface area contributed by atoms with Crippen LogP contribution in [0.3, 0.4) is 0 Å². The summed E-state index contributed by atoms with van der Waals surface area (Å²) < 4.78 is 0. The zero-order valence-electron chi connectivity index (χ0n) is 9.86. The topological polar surface area (TPSA) is 32.3 Å². The molecule has 3 nitrogen and oxygen atoms in total. The lowest BCUT2D eigenvalue weighted by Gasteiger charge is -2.25. The van der Waals surface area contributed by atoms with Crippen molar-refractivity contribution in [2.24, 2.45) is 0 Å². The van der Waals surface area contributed by atoms with Gasteiger partial charge >= 0.3 is 0 Å². The Morgan fingerprint density at radius 2 is 2.25 bits per heavy atom. The summed E-state index contributed by atoms with van der Waals surface area (Å²) in [5, 5.41) is 2.90. The smallest absolute Gasteiger partial charge is 0.236 e. The quantitative estimate of drug-likeness (QED) is 0.830. The summed E-state index contributed by atoms with van der Waals surface area (Å²) in [5.41, 5.74) is 2.70. The normalized spacial score (nSPS) is 18.2. The molecule has 1 atom stereocenters. The molecule has 1 aliphatic rings. The van der Waals surface area contributed by atoms with Gasteiger partial charge in [0.15, 0.2) is 0 Å². The van der Waals surface area contributed by atoms with Crippen LogP contribution in [0.4, 0.5) is 0 Å². The third-order valence-electron chi connectivity index (χ3n) is 3.29.